The number of nitrogens with one attached hydrogen (secondary N) is 1. The summed E-state index contributed by atoms with van der Waals surface area (Å²) in [6, 6.07) is 13.2. The summed E-state index contributed by atoms with van der Waals surface area (Å²) in [5.74, 6) is -2.16. The molecule has 1 unspecified atom stereocenters. The van der Waals surface area contributed by atoms with Crippen LogP contribution >= 0.6 is 0 Å². The molecule has 2 aromatic rings. The number of carboxylic acid groups (broad SMARTS) is 1. The Kier molecular flexibility index (Phi) is 5.46. The van der Waals surface area contributed by atoms with E-state index < -0.39 is 17.7 Å². The minimum Gasteiger partial charge on any atom is -0.481 e. The van der Waals surface area contributed by atoms with Gasteiger partial charge in [-0.2, -0.15) is 0 Å². The second-order valence-electron chi connectivity index (χ2n) is 5.32. The van der Waals surface area contributed by atoms with Crippen molar-refractivity contribution < 1.29 is 19.1 Å². The highest BCUT2D eigenvalue weighted by atomic mass is 19.1. The van der Waals surface area contributed by atoms with Crippen LogP contribution in [-0.4, -0.2) is 17.0 Å². The van der Waals surface area contributed by atoms with Gasteiger partial charge in [0, 0.05) is 12.1 Å². The fourth-order valence-corrected chi connectivity index (χ4v) is 2.22. The summed E-state index contributed by atoms with van der Waals surface area (Å²) in [7, 11) is 0. The molecule has 4 nitrogen and oxygen atoms in total. The fourth-order valence-electron chi connectivity index (χ4n) is 2.22. The largest absolute Gasteiger partial charge is 0.481 e. The Morgan fingerprint density at radius 3 is 2.39 bits per heavy atom. The molecule has 0 heterocycles. The van der Waals surface area contributed by atoms with Crippen molar-refractivity contribution in [3.63, 3.8) is 0 Å². The van der Waals surface area contributed by atoms with Gasteiger partial charge in [0.2, 0.25) is 5.91 Å². The molecule has 1 atom stereocenters. The maximum absolute atomic E-state index is 13.7. The van der Waals surface area contributed by atoms with E-state index >= 15 is 0 Å². The van der Waals surface area contributed by atoms with Gasteiger partial charge in [0.25, 0.3) is 0 Å². The molecule has 0 bridgehead atoms. The maximum Gasteiger partial charge on any atom is 0.303 e. The van der Waals surface area contributed by atoms with E-state index in [-0.39, 0.29) is 12.3 Å². The van der Waals surface area contributed by atoms with Gasteiger partial charge in [-0.25, -0.2) is 4.39 Å². The molecule has 0 aromatic heterocycles. The molecule has 0 radical (unpaired) electrons. The SMILES string of the molecule is CC(C(=O)Nc1ccc(CCC(=O)O)cc1)c1ccccc1F. The summed E-state index contributed by atoms with van der Waals surface area (Å²) >= 11 is 0. The number of hydrogen-bond donors (Lipinski definition) is 2. The van der Waals surface area contributed by atoms with Crippen LogP contribution in [0.3, 0.4) is 0 Å². The summed E-state index contributed by atoms with van der Waals surface area (Å²) in [6.45, 7) is 1.65. The lowest BCUT2D eigenvalue weighted by Gasteiger charge is -2.13. The number of benzene rings is 2. The van der Waals surface area contributed by atoms with E-state index in [4.69, 9.17) is 5.11 Å². The number of aryl methyl sites for hydroxylation is 1. The first kappa shape index (κ1) is 16.7. The number of hydrogen-bond acceptors (Lipinski definition) is 2. The Hall–Kier alpha value is -2.69. The smallest absolute Gasteiger partial charge is 0.303 e. The van der Waals surface area contributed by atoms with Crippen molar-refractivity contribution in [1.82, 2.24) is 0 Å². The van der Waals surface area contributed by atoms with Crippen LogP contribution in [0.5, 0.6) is 0 Å². The molecule has 2 rings (SSSR count). The molecule has 0 aliphatic rings. The van der Waals surface area contributed by atoms with Gasteiger partial charge in [0.15, 0.2) is 0 Å². The number of halogens is 1. The van der Waals surface area contributed by atoms with Gasteiger partial charge in [-0.05, 0) is 42.7 Å². The average Bonchev–Trinajstić information content (AvgIpc) is 2.54. The highest BCUT2D eigenvalue weighted by molar-refractivity contribution is 5.95. The van der Waals surface area contributed by atoms with Crippen molar-refractivity contribution in [3.05, 3.63) is 65.5 Å². The molecule has 0 saturated carbocycles. The zero-order valence-electron chi connectivity index (χ0n) is 12.8. The first-order valence-electron chi connectivity index (χ1n) is 7.33. The molecular weight excluding hydrogens is 297 g/mol. The molecule has 120 valence electrons. The van der Waals surface area contributed by atoms with Crippen LogP contribution in [0.4, 0.5) is 10.1 Å². The molecule has 0 spiro atoms. The highest BCUT2D eigenvalue weighted by Crippen LogP contribution is 2.21. The Morgan fingerprint density at radius 2 is 1.78 bits per heavy atom. The van der Waals surface area contributed by atoms with Crippen LogP contribution in [0.2, 0.25) is 0 Å². The third-order valence-electron chi connectivity index (χ3n) is 3.61. The zero-order chi connectivity index (χ0) is 16.8. The number of rotatable bonds is 6. The van der Waals surface area contributed by atoms with E-state index in [9.17, 15) is 14.0 Å². The van der Waals surface area contributed by atoms with Crippen LogP contribution in [-0.2, 0) is 16.0 Å². The fraction of sp³-hybridized carbons (Fsp3) is 0.222. The normalized spacial score (nSPS) is 11.7. The van der Waals surface area contributed by atoms with Crippen LogP contribution in [0, 0.1) is 5.82 Å². The van der Waals surface area contributed by atoms with E-state index in [1.54, 1.807) is 49.4 Å². The minimum absolute atomic E-state index is 0.0655. The molecule has 5 heteroatoms. The van der Waals surface area contributed by atoms with Crippen molar-refractivity contribution in [2.45, 2.75) is 25.7 Å². The van der Waals surface area contributed by atoms with E-state index in [2.05, 4.69) is 5.32 Å². The van der Waals surface area contributed by atoms with Crippen molar-refractivity contribution in [2.75, 3.05) is 5.32 Å². The quantitative estimate of drug-likeness (QED) is 0.856. The van der Waals surface area contributed by atoms with Crippen molar-refractivity contribution in [1.29, 1.82) is 0 Å². The summed E-state index contributed by atoms with van der Waals surface area (Å²) in [4.78, 5) is 22.7. The Morgan fingerprint density at radius 1 is 1.13 bits per heavy atom. The van der Waals surface area contributed by atoms with E-state index in [1.807, 2.05) is 0 Å². The topological polar surface area (TPSA) is 66.4 Å². The van der Waals surface area contributed by atoms with Crippen LogP contribution in [0.15, 0.2) is 48.5 Å². The molecular formula is C18H18FNO3. The lowest BCUT2D eigenvalue weighted by Crippen LogP contribution is -2.19. The van der Waals surface area contributed by atoms with Crippen molar-refractivity contribution >= 4 is 17.6 Å². The van der Waals surface area contributed by atoms with Gasteiger partial charge in [0.1, 0.15) is 5.82 Å². The average molecular weight is 315 g/mol. The van der Waals surface area contributed by atoms with Gasteiger partial charge in [0.05, 0.1) is 5.92 Å². The molecule has 0 aliphatic carbocycles. The van der Waals surface area contributed by atoms with Gasteiger partial charge < -0.3 is 10.4 Å². The number of aliphatic carboxylic acids is 1. The second kappa shape index (κ2) is 7.54. The van der Waals surface area contributed by atoms with Crippen molar-refractivity contribution in [3.8, 4) is 0 Å². The van der Waals surface area contributed by atoms with E-state index in [1.165, 1.54) is 6.07 Å². The predicted molar refractivity (Wildman–Crippen MR) is 85.8 cm³/mol. The predicted octanol–water partition coefficient (Wildman–Crippen LogP) is 3.59. The first-order chi connectivity index (χ1) is 11.0. The van der Waals surface area contributed by atoms with E-state index in [0.29, 0.717) is 17.7 Å². The molecule has 0 aliphatic heterocycles. The van der Waals surface area contributed by atoms with Crippen LogP contribution in [0.1, 0.15) is 30.4 Å². The van der Waals surface area contributed by atoms with Gasteiger partial charge in [-0.1, -0.05) is 30.3 Å². The molecule has 0 saturated heterocycles. The number of amides is 1. The third-order valence-corrected chi connectivity index (χ3v) is 3.61. The Bertz CT molecular complexity index is 698. The van der Waals surface area contributed by atoms with Crippen LogP contribution in [0.25, 0.3) is 0 Å². The zero-order valence-corrected chi connectivity index (χ0v) is 12.8. The number of anilines is 1. The van der Waals surface area contributed by atoms with Gasteiger partial charge >= 0.3 is 5.97 Å². The lowest BCUT2D eigenvalue weighted by atomic mass is 9.99. The highest BCUT2D eigenvalue weighted by Gasteiger charge is 2.18. The molecule has 23 heavy (non-hydrogen) atoms. The molecule has 2 N–H and O–H groups in total. The molecule has 1 amide bonds. The summed E-state index contributed by atoms with van der Waals surface area (Å²) in [6.07, 6.45) is 0.505. The molecule has 0 fully saturated rings. The van der Waals surface area contributed by atoms with Crippen LogP contribution < -0.4 is 5.32 Å². The second-order valence-corrected chi connectivity index (χ2v) is 5.32. The monoisotopic (exact) mass is 315 g/mol. The maximum atomic E-state index is 13.7. The number of carbonyl (C=O) groups is 2. The lowest BCUT2D eigenvalue weighted by molar-refractivity contribution is -0.137. The Labute approximate surface area is 134 Å². The Balaban J connectivity index is 2.00. The standard InChI is InChI=1S/C18H18FNO3/c1-12(15-4-2-3-5-16(15)19)18(23)20-14-9-6-13(7-10-14)8-11-17(21)22/h2-7,9-10,12H,8,11H2,1H3,(H,20,23)(H,21,22). The van der Waals surface area contributed by atoms with Gasteiger partial charge in [-0.15, -0.1) is 0 Å². The van der Waals surface area contributed by atoms with Gasteiger partial charge in [-0.3, -0.25) is 9.59 Å². The van der Waals surface area contributed by atoms with E-state index in [0.717, 1.165) is 5.56 Å². The molecule has 2 aromatic carbocycles. The minimum atomic E-state index is -0.846. The summed E-state index contributed by atoms with van der Waals surface area (Å²) in [5, 5.41) is 11.4. The summed E-state index contributed by atoms with van der Waals surface area (Å²) in [5.41, 5.74) is 1.83. The first-order valence-corrected chi connectivity index (χ1v) is 7.33. The summed E-state index contributed by atoms with van der Waals surface area (Å²) < 4.78 is 13.7. The van der Waals surface area contributed by atoms with Crippen molar-refractivity contribution in [2.24, 2.45) is 0 Å². The third kappa shape index (κ3) is 4.64. The number of carbonyl (C=O) groups excluding carboxylic acids is 1. The number of carboxylic acids is 1.